The molecule has 2 heterocycles. The number of hydrogen-bond acceptors (Lipinski definition) is 4. The van der Waals surface area contributed by atoms with Gasteiger partial charge in [-0.15, -0.1) is 0 Å². The van der Waals surface area contributed by atoms with E-state index < -0.39 is 0 Å². The molecule has 0 spiro atoms. The van der Waals surface area contributed by atoms with Crippen molar-refractivity contribution in [3.8, 4) is 11.5 Å². The fourth-order valence-corrected chi connectivity index (χ4v) is 1.86. The molecular formula is C12H9NO4. The van der Waals surface area contributed by atoms with Crippen molar-refractivity contribution in [1.82, 2.24) is 4.98 Å². The third-order valence-corrected chi connectivity index (χ3v) is 2.72. The van der Waals surface area contributed by atoms with Crippen LogP contribution in [-0.2, 0) is 0 Å². The van der Waals surface area contributed by atoms with Gasteiger partial charge in [-0.05, 0) is 19.1 Å². The molecule has 17 heavy (non-hydrogen) atoms. The Balaban J connectivity index is 2.33. The lowest BCUT2D eigenvalue weighted by atomic mass is 10.1. The molecule has 0 amide bonds. The first-order valence-electron chi connectivity index (χ1n) is 5.13. The number of hydrogen-bond donors (Lipinski definition) is 1. The molecule has 0 radical (unpaired) electrons. The summed E-state index contributed by atoms with van der Waals surface area (Å²) in [7, 11) is 0. The number of ether oxygens (including phenoxy) is 2. The van der Waals surface area contributed by atoms with Gasteiger partial charge in [-0.25, -0.2) is 0 Å². The summed E-state index contributed by atoms with van der Waals surface area (Å²) in [6, 6.07) is 5.02. The molecule has 0 aliphatic carbocycles. The molecule has 0 atom stereocenters. The van der Waals surface area contributed by atoms with E-state index in [0.29, 0.717) is 17.0 Å². The summed E-state index contributed by atoms with van der Waals surface area (Å²) in [6.07, 6.45) is 0. The number of nitrogens with one attached hydrogen (secondary N) is 1. The van der Waals surface area contributed by atoms with Crippen LogP contribution in [0.5, 0.6) is 11.5 Å². The predicted octanol–water partition coefficient (Wildman–Crippen LogP) is 1.46. The van der Waals surface area contributed by atoms with Crippen LogP contribution in [0.1, 0.15) is 17.3 Å². The number of aromatic nitrogens is 1. The van der Waals surface area contributed by atoms with E-state index in [0.717, 1.165) is 5.39 Å². The molecule has 0 fully saturated rings. The highest BCUT2D eigenvalue weighted by atomic mass is 16.7. The fraction of sp³-hybridized carbons (Fsp3) is 0.167. The molecule has 1 aliphatic heterocycles. The van der Waals surface area contributed by atoms with E-state index in [2.05, 4.69) is 4.98 Å². The maximum absolute atomic E-state index is 11.6. The van der Waals surface area contributed by atoms with Crippen LogP contribution < -0.4 is 15.0 Å². The molecule has 86 valence electrons. The SMILES string of the molecule is CC(=O)c1cc2cc3c(cc2[nH]c1=O)OCO3. The first kappa shape index (κ1) is 9.89. The van der Waals surface area contributed by atoms with Crippen molar-refractivity contribution < 1.29 is 14.3 Å². The van der Waals surface area contributed by atoms with Gasteiger partial charge in [0.1, 0.15) is 0 Å². The van der Waals surface area contributed by atoms with Gasteiger partial charge in [0, 0.05) is 11.5 Å². The normalized spacial score (nSPS) is 13.0. The van der Waals surface area contributed by atoms with E-state index >= 15 is 0 Å². The zero-order valence-corrected chi connectivity index (χ0v) is 9.07. The lowest BCUT2D eigenvalue weighted by Gasteiger charge is -2.02. The zero-order valence-electron chi connectivity index (χ0n) is 9.07. The van der Waals surface area contributed by atoms with Crippen LogP contribution in [0.3, 0.4) is 0 Å². The number of carbonyl (C=O) groups is 1. The maximum Gasteiger partial charge on any atom is 0.259 e. The molecule has 1 aliphatic rings. The van der Waals surface area contributed by atoms with Gasteiger partial charge in [-0.3, -0.25) is 9.59 Å². The van der Waals surface area contributed by atoms with Crippen LogP contribution >= 0.6 is 0 Å². The second-order valence-electron chi connectivity index (χ2n) is 3.86. The molecule has 3 rings (SSSR count). The van der Waals surface area contributed by atoms with Crippen molar-refractivity contribution in [3.05, 3.63) is 34.1 Å². The minimum absolute atomic E-state index is 0.149. The van der Waals surface area contributed by atoms with E-state index in [1.54, 1.807) is 18.2 Å². The molecule has 0 unspecified atom stereocenters. The lowest BCUT2D eigenvalue weighted by Crippen LogP contribution is -2.15. The van der Waals surface area contributed by atoms with Crippen LogP contribution in [-0.4, -0.2) is 17.6 Å². The lowest BCUT2D eigenvalue weighted by molar-refractivity contribution is 0.101. The smallest absolute Gasteiger partial charge is 0.259 e. The maximum atomic E-state index is 11.6. The second kappa shape index (κ2) is 3.35. The number of aromatic amines is 1. The summed E-state index contributed by atoms with van der Waals surface area (Å²) >= 11 is 0. The Labute approximate surface area is 96.0 Å². The van der Waals surface area contributed by atoms with Crippen LogP contribution in [0.25, 0.3) is 10.9 Å². The third-order valence-electron chi connectivity index (χ3n) is 2.72. The monoisotopic (exact) mass is 231 g/mol. The predicted molar refractivity (Wildman–Crippen MR) is 60.7 cm³/mol. The van der Waals surface area contributed by atoms with E-state index in [1.807, 2.05) is 0 Å². The topological polar surface area (TPSA) is 68.4 Å². The van der Waals surface area contributed by atoms with Crippen LogP contribution in [0.2, 0.25) is 0 Å². The Morgan fingerprint density at radius 3 is 2.65 bits per heavy atom. The Bertz CT molecular complexity index is 687. The van der Waals surface area contributed by atoms with Gasteiger partial charge >= 0.3 is 0 Å². The first-order valence-corrected chi connectivity index (χ1v) is 5.13. The van der Waals surface area contributed by atoms with E-state index in [-0.39, 0.29) is 23.7 Å². The average Bonchev–Trinajstić information content (AvgIpc) is 2.71. The fourth-order valence-electron chi connectivity index (χ4n) is 1.86. The quantitative estimate of drug-likeness (QED) is 0.754. The van der Waals surface area contributed by atoms with E-state index in [4.69, 9.17) is 9.47 Å². The van der Waals surface area contributed by atoms with Gasteiger partial charge in [-0.1, -0.05) is 0 Å². The third kappa shape index (κ3) is 1.47. The van der Waals surface area contributed by atoms with E-state index in [1.165, 1.54) is 6.92 Å². The number of ketones is 1. The van der Waals surface area contributed by atoms with Crippen LogP contribution in [0.4, 0.5) is 0 Å². The van der Waals surface area contributed by atoms with Gasteiger partial charge in [0.25, 0.3) is 5.56 Å². The molecule has 5 nitrogen and oxygen atoms in total. The zero-order chi connectivity index (χ0) is 12.0. The number of H-pyrrole nitrogens is 1. The summed E-state index contributed by atoms with van der Waals surface area (Å²) in [6.45, 7) is 1.54. The summed E-state index contributed by atoms with van der Waals surface area (Å²) in [5, 5.41) is 0.749. The van der Waals surface area contributed by atoms with Gasteiger partial charge < -0.3 is 14.5 Å². The van der Waals surface area contributed by atoms with Gasteiger partial charge in [0.2, 0.25) is 6.79 Å². The number of benzene rings is 1. The van der Waals surface area contributed by atoms with Gasteiger partial charge in [0.15, 0.2) is 17.3 Å². The molecule has 0 saturated carbocycles. The van der Waals surface area contributed by atoms with Gasteiger partial charge in [0.05, 0.1) is 11.1 Å². The Morgan fingerprint density at radius 2 is 1.94 bits per heavy atom. The van der Waals surface area contributed by atoms with Crippen LogP contribution in [0.15, 0.2) is 23.0 Å². The van der Waals surface area contributed by atoms with Crippen molar-refractivity contribution in [1.29, 1.82) is 0 Å². The van der Waals surface area contributed by atoms with E-state index in [9.17, 15) is 9.59 Å². The van der Waals surface area contributed by atoms with Crippen molar-refractivity contribution in [3.63, 3.8) is 0 Å². The van der Waals surface area contributed by atoms with Crippen molar-refractivity contribution in [2.75, 3.05) is 6.79 Å². The number of pyridine rings is 1. The number of carbonyl (C=O) groups excluding carboxylic acids is 1. The summed E-state index contributed by atoms with van der Waals surface area (Å²) in [5.41, 5.74) is 0.393. The molecular weight excluding hydrogens is 222 g/mol. The molecule has 1 aromatic heterocycles. The van der Waals surface area contributed by atoms with Crippen molar-refractivity contribution in [2.45, 2.75) is 6.92 Å². The molecule has 1 N–H and O–H groups in total. The highest BCUT2D eigenvalue weighted by molar-refractivity contribution is 5.97. The first-order chi connectivity index (χ1) is 8.15. The minimum Gasteiger partial charge on any atom is -0.454 e. The van der Waals surface area contributed by atoms with Crippen molar-refractivity contribution >= 4 is 16.7 Å². The Hall–Kier alpha value is -2.30. The number of rotatable bonds is 1. The van der Waals surface area contributed by atoms with Gasteiger partial charge in [-0.2, -0.15) is 0 Å². The second-order valence-corrected chi connectivity index (χ2v) is 3.86. The van der Waals surface area contributed by atoms with Crippen molar-refractivity contribution in [2.24, 2.45) is 0 Å². The summed E-state index contributed by atoms with van der Waals surface area (Å²) < 4.78 is 10.5. The molecule has 0 bridgehead atoms. The number of fused-ring (bicyclic) bond motifs is 2. The van der Waals surface area contributed by atoms with Crippen LogP contribution in [0, 0.1) is 0 Å². The highest BCUT2D eigenvalue weighted by Crippen LogP contribution is 2.35. The summed E-state index contributed by atoms with van der Waals surface area (Å²) in [5.74, 6) is 0.966. The molecule has 0 saturated heterocycles. The minimum atomic E-state index is -0.385. The molecule has 1 aromatic carbocycles. The Kier molecular flexibility index (Phi) is 1.95. The standard InChI is InChI=1S/C12H9NO4/c1-6(14)8-2-7-3-10-11(17-5-16-10)4-9(7)13-12(8)15/h2-4H,5H2,1H3,(H,13,15). The highest BCUT2D eigenvalue weighted by Gasteiger charge is 2.16. The molecule has 5 heteroatoms. The Morgan fingerprint density at radius 1 is 1.24 bits per heavy atom. The molecule has 2 aromatic rings. The number of Topliss-reactive ketones (excluding diaryl/α,β-unsaturated/α-hetero) is 1. The summed E-state index contributed by atoms with van der Waals surface area (Å²) in [4.78, 5) is 25.6. The largest absolute Gasteiger partial charge is 0.454 e. The average molecular weight is 231 g/mol.